The fourth-order valence-electron chi connectivity index (χ4n) is 5.20. The lowest BCUT2D eigenvalue weighted by Gasteiger charge is -2.44. The van der Waals surface area contributed by atoms with Crippen molar-refractivity contribution in [1.29, 1.82) is 0 Å². The van der Waals surface area contributed by atoms with Crippen molar-refractivity contribution in [1.82, 2.24) is 19.8 Å². The molecule has 1 aromatic heterocycles. The fourth-order valence-corrected chi connectivity index (χ4v) is 5.20. The van der Waals surface area contributed by atoms with Crippen molar-refractivity contribution in [3.63, 3.8) is 0 Å². The predicted molar refractivity (Wildman–Crippen MR) is 134 cm³/mol. The number of benzene rings is 1. The number of nitrogens with zero attached hydrogens (tertiary/aromatic N) is 4. The Balaban J connectivity index is 1.49. The monoisotopic (exact) mass is 510 g/mol. The van der Waals surface area contributed by atoms with Crippen LogP contribution in [0.4, 0.5) is 0 Å². The third-order valence-electron chi connectivity index (χ3n) is 7.22. The van der Waals surface area contributed by atoms with Crippen LogP contribution in [0.25, 0.3) is 0 Å². The van der Waals surface area contributed by atoms with Crippen LogP contribution < -0.4 is 4.74 Å². The normalized spacial score (nSPS) is 18.2. The van der Waals surface area contributed by atoms with E-state index in [0.717, 1.165) is 44.3 Å². The molecule has 1 saturated heterocycles. The zero-order chi connectivity index (χ0) is 26.1. The van der Waals surface area contributed by atoms with Gasteiger partial charge < -0.3 is 24.4 Å². The molecule has 1 aromatic carbocycles. The van der Waals surface area contributed by atoms with Crippen LogP contribution in [-0.2, 0) is 20.7 Å². The number of carbonyl (C=O) groups is 3. The molecule has 2 aliphatic rings. The second-order valence-electron chi connectivity index (χ2n) is 9.75. The van der Waals surface area contributed by atoms with Gasteiger partial charge in [-0.3, -0.25) is 14.6 Å². The third-order valence-corrected chi connectivity index (χ3v) is 7.22. The Morgan fingerprint density at radius 2 is 1.81 bits per heavy atom. The number of carboxylic acid groups (broad SMARTS) is 1. The van der Waals surface area contributed by atoms with Gasteiger partial charge in [0.05, 0.1) is 12.7 Å². The van der Waals surface area contributed by atoms with Crippen LogP contribution in [-0.4, -0.2) is 88.7 Å². The molecule has 10 nitrogen and oxygen atoms in total. The summed E-state index contributed by atoms with van der Waals surface area (Å²) in [5.41, 5.74) is 1.33. The van der Waals surface area contributed by atoms with Gasteiger partial charge in [-0.1, -0.05) is 24.6 Å². The van der Waals surface area contributed by atoms with E-state index in [0.29, 0.717) is 38.5 Å². The number of ether oxygens (including phenoxy) is 2. The van der Waals surface area contributed by atoms with Crippen LogP contribution in [0.5, 0.6) is 5.75 Å². The first-order valence-corrected chi connectivity index (χ1v) is 12.8. The molecule has 1 fully saturated rings. The lowest BCUT2D eigenvalue weighted by atomic mass is 9.73. The Morgan fingerprint density at radius 3 is 2.57 bits per heavy atom. The molecule has 1 spiro atoms. The van der Waals surface area contributed by atoms with Crippen LogP contribution in [0.15, 0.2) is 42.9 Å². The van der Waals surface area contributed by atoms with E-state index in [4.69, 9.17) is 14.6 Å². The minimum atomic E-state index is -1.10. The van der Waals surface area contributed by atoms with Crippen molar-refractivity contribution in [2.45, 2.75) is 38.5 Å². The smallest absolute Gasteiger partial charge is 0.329 e. The van der Waals surface area contributed by atoms with Crippen LogP contribution in [0, 0.1) is 5.41 Å². The van der Waals surface area contributed by atoms with E-state index in [1.807, 2.05) is 23.1 Å². The molecule has 1 N–H and O–H groups in total. The molecule has 2 amide bonds. The quantitative estimate of drug-likeness (QED) is 0.651. The van der Waals surface area contributed by atoms with Crippen LogP contribution in [0.1, 0.15) is 48.2 Å². The summed E-state index contributed by atoms with van der Waals surface area (Å²) in [5.74, 6) is -0.622. The summed E-state index contributed by atoms with van der Waals surface area (Å²) in [4.78, 5) is 48.5. The maximum atomic E-state index is 13.5. The van der Waals surface area contributed by atoms with Gasteiger partial charge in [0.1, 0.15) is 31.3 Å². The zero-order valence-electron chi connectivity index (χ0n) is 21.0. The van der Waals surface area contributed by atoms with Gasteiger partial charge in [-0.2, -0.15) is 0 Å². The molecule has 0 unspecified atom stereocenters. The van der Waals surface area contributed by atoms with E-state index >= 15 is 0 Å². The van der Waals surface area contributed by atoms with Gasteiger partial charge in [0.15, 0.2) is 0 Å². The average Bonchev–Trinajstić information content (AvgIpc) is 2.91. The molecular formula is C27H34N4O6. The molecule has 2 aromatic rings. The van der Waals surface area contributed by atoms with Gasteiger partial charge in [0.2, 0.25) is 5.91 Å². The standard InChI is InChI=1S/C27H34N4O6/c32-24(18-36-19-25(33)34)30-13-9-27(10-14-30)8-4-3-6-21-5-1-2-7-23(21)37-16-15-31(20-27)26(35)22-17-28-11-12-29-22/h1-2,5,7,11-12,17H,3-4,6,8-10,13-16,18-20H2,(H,33,34). The van der Waals surface area contributed by atoms with Gasteiger partial charge in [-0.05, 0) is 49.1 Å². The predicted octanol–water partition coefficient (Wildman–Crippen LogP) is 2.43. The first-order chi connectivity index (χ1) is 18.0. The van der Waals surface area contributed by atoms with Crippen molar-refractivity contribution in [3.8, 4) is 5.75 Å². The number of amides is 2. The highest BCUT2D eigenvalue weighted by molar-refractivity contribution is 5.92. The van der Waals surface area contributed by atoms with E-state index < -0.39 is 12.6 Å². The molecule has 3 heterocycles. The minimum absolute atomic E-state index is 0.144. The number of carboxylic acids is 1. The SMILES string of the molecule is O=C(O)COCC(=O)N1CCC2(CCCCc3ccccc3OCCN(C(=O)c3cnccn3)C2)CC1. The number of para-hydroxylation sites is 1. The van der Waals surface area contributed by atoms with E-state index in [1.165, 1.54) is 18.0 Å². The fraction of sp³-hybridized carbons (Fsp3) is 0.519. The minimum Gasteiger partial charge on any atom is -0.491 e. The average molecular weight is 511 g/mol. The third kappa shape index (κ3) is 7.25. The number of aliphatic carboxylic acids is 1. The van der Waals surface area contributed by atoms with Crippen molar-refractivity contribution < 1.29 is 29.0 Å². The number of rotatable bonds is 5. The summed E-state index contributed by atoms with van der Waals surface area (Å²) in [6.07, 6.45) is 9.92. The number of hydrogen-bond acceptors (Lipinski definition) is 7. The van der Waals surface area contributed by atoms with E-state index in [2.05, 4.69) is 16.0 Å². The van der Waals surface area contributed by atoms with Gasteiger partial charge in [-0.15, -0.1) is 0 Å². The Labute approximate surface area is 216 Å². The van der Waals surface area contributed by atoms with Crippen molar-refractivity contribution in [3.05, 3.63) is 54.1 Å². The topological polar surface area (TPSA) is 122 Å². The van der Waals surface area contributed by atoms with Gasteiger partial charge in [0, 0.05) is 32.0 Å². The lowest BCUT2D eigenvalue weighted by Crippen LogP contribution is -2.50. The van der Waals surface area contributed by atoms with E-state index in [9.17, 15) is 14.4 Å². The molecule has 0 atom stereocenters. The van der Waals surface area contributed by atoms with Gasteiger partial charge in [-0.25, -0.2) is 9.78 Å². The Bertz CT molecular complexity index is 1070. The first-order valence-electron chi connectivity index (χ1n) is 12.8. The molecular weight excluding hydrogens is 476 g/mol. The van der Waals surface area contributed by atoms with E-state index in [1.54, 1.807) is 11.1 Å². The number of hydrogen-bond donors (Lipinski definition) is 1. The maximum Gasteiger partial charge on any atom is 0.329 e. The van der Waals surface area contributed by atoms with Crippen molar-refractivity contribution >= 4 is 17.8 Å². The maximum absolute atomic E-state index is 13.5. The molecule has 0 bridgehead atoms. The second kappa shape index (κ2) is 12.6. The summed E-state index contributed by atoms with van der Waals surface area (Å²) in [5, 5.41) is 8.74. The highest BCUT2D eigenvalue weighted by Gasteiger charge is 2.38. The summed E-state index contributed by atoms with van der Waals surface area (Å²) >= 11 is 0. The molecule has 0 radical (unpaired) electrons. The summed E-state index contributed by atoms with van der Waals surface area (Å²) in [6.45, 7) is 1.68. The first kappa shape index (κ1) is 26.5. The summed E-state index contributed by atoms with van der Waals surface area (Å²) < 4.78 is 11.1. The highest BCUT2D eigenvalue weighted by atomic mass is 16.5. The van der Waals surface area contributed by atoms with Gasteiger partial charge >= 0.3 is 5.97 Å². The van der Waals surface area contributed by atoms with Crippen LogP contribution in [0.2, 0.25) is 0 Å². The largest absolute Gasteiger partial charge is 0.491 e. The number of aromatic nitrogens is 2. The second-order valence-corrected chi connectivity index (χ2v) is 9.75. The molecule has 0 aliphatic carbocycles. The summed E-state index contributed by atoms with van der Waals surface area (Å²) in [6, 6.07) is 8.05. The molecule has 4 rings (SSSR count). The van der Waals surface area contributed by atoms with Gasteiger partial charge in [0.25, 0.3) is 5.91 Å². The molecule has 198 valence electrons. The van der Waals surface area contributed by atoms with E-state index in [-0.39, 0.29) is 23.8 Å². The van der Waals surface area contributed by atoms with Crippen LogP contribution >= 0.6 is 0 Å². The van der Waals surface area contributed by atoms with Crippen LogP contribution in [0.3, 0.4) is 0 Å². The Kier molecular flexibility index (Phi) is 9.05. The molecule has 2 aliphatic heterocycles. The number of piperidine rings is 1. The Morgan fingerprint density at radius 1 is 1.00 bits per heavy atom. The zero-order valence-corrected chi connectivity index (χ0v) is 21.0. The highest BCUT2D eigenvalue weighted by Crippen LogP contribution is 2.38. The van der Waals surface area contributed by atoms with Crippen molar-refractivity contribution in [2.75, 3.05) is 46.0 Å². The molecule has 0 saturated carbocycles. The number of likely N-dealkylation sites (tertiary alicyclic amines) is 1. The Hall–Kier alpha value is -3.53. The summed E-state index contributed by atoms with van der Waals surface area (Å²) in [7, 11) is 0. The number of fused-ring (bicyclic) bond motifs is 1. The van der Waals surface area contributed by atoms with Crippen molar-refractivity contribution in [2.24, 2.45) is 5.41 Å². The molecule has 37 heavy (non-hydrogen) atoms. The number of carbonyl (C=O) groups excluding carboxylic acids is 2. The molecule has 10 heteroatoms. The number of aryl methyl sites for hydroxylation is 1. The lowest BCUT2D eigenvalue weighted by molar-refractivity contribution is -0.146.